The maximum absolute atomic E-state index is 8.95. The molecular formula is C16H20ClN3. The first kappa shape index (κ1) is 13.7. The topological polar surface area (TPSA) is 30.3 Å². The number of fused-ring (bicyclic) bond motifs is 1. The predicted octanol–water partition coefficient (Wildman–Crippen LogP) is 3.13. The number of hydrogen-bond donors (Lipinski definition) is 0. The van der Waals surface area contributed by atoms with E-state index in [2.05, 4.69) is 22.9 Å². The SMILES string of the molecule is CN1CCCC2CN(c3ccc(C#N)c(Cl)c3)CCC21. The minimum atomic E-state index is 0.558. The van der Waals surface area contributed by atoms with Crippen LogP contribution < -0.4 is 4.90 Å². The lowest BCUT2D eigenvalue weighted by Gasteiger charge is -2.46. The summed E-state index contributed by atoms with van der Waals surface area (Å²) in [6.07, 6.45) is 3.86. The Hall–Kier alpha value is -1.24. The van der Waals surface area contributed by atoms with Gasteiger partial charge in [-0.1, -0.05) is 11.6 Å². The van der Waals surface area contributed by atoms with Gasteiger partial charge in [-0.25, -0.2) is 0 Å². The molecule has 1 aromatic carbocycles. The summed E-state index contributed by atoms with van der Waals surface area (Å²) in [6, 6.07) is 8.66. The summed E-state index contributed by atoms with van der Waals surface area (Å²) in [5.41, 5.74) is 1.71. The number of nitrogens with zero attached hydrogens (tertiary/aromatic N) is 3. The highest BCUT2D eigenvalue weighted by Crippen LogP contribution is 2.33. The van der Waals surface area contributed by atoms with Gasteiger partial charge in [0.05, 0.1) is 10.6 Å². The number of halogens is 1. The van der Waals surface area contributed by atoms with E-state index in [1.165, 1.54) is 25.8 Å². The summed E-state index contributed by atoms with van der Waals surface area (Å²) >= 11 is 6.15. The fraction of sp³-hybridized carbons (Fsp3) is 0.562. The van der Waals surface area contributed by atoms with E-state index in [9.17, 15) is 0 Å². The molecule has 2 unspecified atom stereocenters. The van der Waals surface area contributed by atoms with Crippen molar-refractivity contribution in [2.75, 3.05) is 31.6 Å². The van der Waals surface area contributed by atoms with Crippen LogP contribution in [-0.2, 0) is 0 Å². The van der Waals surface area contributed by atoms with Crippen molar-refractivity contribution < 1.29 is 0 Å². The lowest BCUT2D eigenvalue weighted by atomic mass is 9.84. The zero-order valence-electron chi connectivity index (χ0n) is 11.8. The molecule has 2 saturated heterocycles. The van der Waals surface area contributed by atoms with Crippen molar-refractivity contribution in [2.45, 2.75) is 25.3 Å². The fourth-order valence-electron chi connectivity index (χ4n) is 3.68. The number of piperidine rings is 2. The average Bonchev–Trinajstić information content (AvgIpc) is 2.47. The van der Waals surface area contributed by atoms with Crippen molar-refractivity contribution in [3.8, 4) is 6.07 Å². The highest BCUT2D eigenvalue weighted by molar-refractivity contribution is 6.32. The lowest BCUT2D eigenvalue weighted by Crippen LogP contribution is -2.52. The number of benzene rings is 1. The van der Waals surface area contributed by atoms with Gasteiger partial charge in [-0.15, -0.1) is 0 Å². The van der Waals surface area contributed by atoms with Crippen molar-refractivity contribution in [1.82, 2.24) is 4.90 Å². The minimum absolute atomic E-state index is 0.558. The van der Waals surface area contributed by atoms with Crippen molar-refractivity contribution >= 4 is 17.3 Å². The first-order valence-corrected chi connectivity index (χ1v) is 7.71. The van der Waals surface area contributed by atoms with Crippen LogP contribution in [0.1, 0.15) is 24.8 Å². The van der Waals surface area contributed by atoms with Crippen LogP contribution in [0.25, 0.3) is 0 Å². The third kappa shape index (κ3) is 2.51. The number of nitriles is 1. The lowest BCUT2D eigenvalue weighted by molar-refractivity contribution is 0.102. The Labute approximate surface area is 125 Å². The molecule has 1 aromatic rings. The Morgan fingerprint density at radius 2 is 2.15 bits per heavy atom. The molecule has 2 heterocycles. The molecule has 2 atom stereocenters. The first-order chi connectivity index (χ1) is 9.69. The maximum Gasteiger partial charge on any atom is 0.101 e. The normalized spacial score (nSPS) is 26.9. The average molecular weight is 290 g/mol. The van der Waals surface area contributed by atoms with Crippen LogP contribution >= 0.6 is 11.6 Å². The fourth-order valence-corrected chi connectivity index (χ4v) is 3.90. The largest absolute Gasteiger partial charge is 0.371 e. The number of rotatable bonds is 1. The van der Waals surface area contributed by atoms with Gasteiger partial charge in [0, 0.05) is 24.8 Å². The van der Waals surface area contributed by atoms with Crippen LogP contribution in [0.2, 0.25) is 5.02 Å². The molecule has 2 fully saturated rings. The Morgan fingerprint density at radius 1 is 1.30 bits per heavy atom. The molecule has 0 N–H and O–H groups in total. The van der Waals surface area contributed by atoms with Gasteiger partial charge in [-0.2, -0.15) is 5.26 Å². The van der Waals surface area contributed by atoms with E-state index in [0.29, 0.717) is 10.6 Å². The van der Waals surface area contributed by atoms with Gasteiger partial charge in [0.2, 0.25) is 0 Å². The van der Waals surface area contributed by atoms with Gasteiger partial charge in [0.15, 0.2) is 0 Å². The monoisotopic (exact) mass is 289 g/mol. The van der Waals surface area contributed by atoms with E-state index in [1.807, 2.05) is 18.2 Å². The molecule has 2 aliphatic rings. The standard InChI is InChI=1S/C16H20ClN3/c1-19-7-2-3-13-11-20(8-6-16(13)19)14-5-4-12(10-18)15(17)9-14/h4-5,9,13,16H,2-3,6-8,11H2,1H3. The third-order valence-electron chi connectivity index (χ3n) is 4.78. The van der Waals surface area contributed by atoms with Crippen LogP contribution in [0.3, 0.4) is 0 Å². The Morgan fingerprint density at radius 3 is 2.90 bits per heavy atom. The zero-order valence-corrected chi connectivity index (χ0v) is 12.6. The molecule has 0 amide bonds. The molecule has 0 radical (unpaired) electrons. The van der Waals surface area contributed by atoms with E-state index in [0.717, 1.165) is 30.7 Å². The highest BCUT2D eigenvalue weighted by Gasteiger charge is 2.34. The van der Waals surface area contributed by atoms with Gasteiger partial charge < -0.3 is 9.80 Å². The molecule has 20 heavy (non-hydrogen) atoms. The molecule has 0 aromatic heterocycles. The van der Waals surface area contributed by atoms with Gasteiger partial charge in [0.1, 0.15) is 6.07 Å². The number of hydrogen-bond acceptors (Lipinski definition) is 3. The van der Waals surface area contributed by atoms with Crippen molar-refractivity contribution in [2.24, 2.45) is 5.92 Å². The van der Waals surface area contributed by atoms with Crippen LogP contribution in [0.15, 0.2) is 18.2 Å². The molecule has 4 heteroatoms. The van der Waals surface area contributed by atoms with Gasteiger partial charge in [-0.3, -0.25) is 0 Å². The molecule has 0 spiro atoms. The van der Waals surface area contributed by atoms with Crippen LogP contribution in [0.5, 0.6) is 0 Å². The maximum atomic E-state index is 8.95. The van der Waals surface area contributed by atoms with Gasteiger partial charge in [0.25, 0.3) is 0 Å². The Kier molecular flexibility index (Phi) is 3.87. The summed E-state index contributed by atoms with van der Waals surface area (Å²) in [7, 11) is 2.26. The predicted molar refractivity (Wildman–Crippen MR) is 82.1 cm³/mol. The van der Waals surface area contributed by atoms with Gasteiger partial charge >= 0.3 is 0 Å². The second-order valence-electron chi connectivity index (χ2n) is 5.96. The second kappa shape index (κ2) is 5.63. The summed E-state index contributed by atoms with van der Waals surface area (Å²) in [6.45, 7) is 3.43. The summed E-state index contributed by atoms with van der Waals surface area (Å²) < 4.78 is 0. The number of likely N-dealkylation sites (tertiary alicyclic amines) is 1. The van der Waals surface area contributed by atoms with E-state index in [1.54, 1.807) is 0 Å². The van der Waals surface area contributed by atoms with E-state index in [4.69, 9.17) is 16.9 Å². The smallest absolute Gasteiger partial charge is 0.101 e. The second-order valence-corrected chi connectivity index (χ2v) is 6.37. The van der Waals surface area contributed by atoms with Crippen molar-refractivity contribution in [3.05, 3.63) is 28.8 Å². The Balaban J connectivity index is 1.76. The molecule has 0 bridgehead atoms. The van der Waals surface area contributed by atoms with Gasteiger partial charge in [-0.05, 0) is 57.0 Å². The van der Waals surface area contributed by atoms with E-state index in [-0.39, 0.29) is 0 Å². The quantitative estimate of drug-likeness (QED) is 0.796. The molecule has 0 aliphatic carbocycles. The van der Waals surface area contributed by atoms with E-state index >= 15 is 0 Å². The summed E-state index contributed by atoms with van der Waals surface area (Å²) in [5, 5.41) is 9.51. The zero-order chi connectivity index (χ0) is 14.1. The van der Waals surface area contributed by atoms with E-state index < -0.39 is 0 Å². The first-order valence-electron chi connectivity index (χ1n) is 7.34. The van der Waals surface area contributed by atoms with Crippen molar-refractivity contribution in [3.63, 3.8) is 0 Å². The summed E-state index contributed by atoms with van der Waals surface area (Å²) in [5.74, 6) is 0.761. The molecular weight excluding hydrogens is 270 g/mol. The van der Waals surface area contributed by atoms with Crippen LogP contribution in [0.4, 0.5) is 5.69 Å². The minimum Gasteiger partial charge on any atom is -0.371 e. The third-order valence-corrected chi connectivity index (χ3v) is 5.10. The number of anilines is 1. The molecule has 106 valence electrons. The molecule has 3 rings (SSSR count). The highest BCUT2D eigenvalue weighted by atomic mass is 35.5. The molecule has 0 saturated carbocycles. The summed E-state index contributed by atoms with van der Waals surface area (Å²) in [4.78, 5) is 4.95. The van der Waals surface area contributed by atoms with Crippen LogP contribution in [0, 0.1) is 17.2 Å². The molecule has 3 nitrogen and oxygen atoms in total. The molecule has 2 aliphatic heterocycles. The van der Waals surface area contributed by atoms with Crippen LogP contribution in [-0.4, -0.2) is 37.6 Å². The van der Waals surface area contributed by atoms with Crippen molar-refractivity contribution in [1.29, 1.82) is 5.26 Å². The Bertz CT molecular complexity index is 537.